The molecule has 6 rings (SSSR count). The summed E-state index contributed by atoms with van der Waals surface area (Å²) in [5.74, 6) is 1.81. The van der Waals surface area contributed by atoms with Crippen molar-refractivity contribution >= 4 is 110 Å². The molecule has 0 fully saturated rings. The molecular formula is C37H36Br4N8. The van der Waals surface area contributed by atoms with Gasteiger partial charge in [-0.1, -0.05) is 63.7 Å². The predicted octanol–water partition coefficient (Wildman–Crippen LogP) is 10.6. The van der Waals surface area contributed by atoms with E-state index in [1.807, 2.05) is 48.5 Å². The number of benzene rings is 4. The van der Waals surface area contributed by atoms with Crippen LogP contribution in [0.5, 0.6) is 0 Å². The van der Waals surface area contributed by atoms with Crippen molar-refractivity contribution in [3.63, 3.8) is 0 Å². The first kappa shape index (κ1) is 35.5. The Bertz CT molecular complexity index is 1760. The molecule has 0 amide bonds. The van der Waals surface area contributed by atoms with Crippen LogP contribution in [0, 0.1) is 0 Å². The van der Waals surface area contributed by atoms with Gasteiger partial charge in [-0.25, -0.2) is 9.98 Å². The number of hydrogen-bond donors (Lipinski definition) is 0. The molecule has 12 heteroatoms. The molecule has 49 heavy (non-hydrogen) atoms. The van der Waals surface area contributed by atoms with Crippen LogP contribution >= 0.6 is 63.7 Å². The number of likely N-dealkylation sites (N-methyl/N-ethyl adjacent to an activating group) is 4. The van der Waals surface area contributed by atoms with Crippen LogP contribution in [-0.2, 0) is 0 Å². The molecule has 0 radical (unpaired) electrons. The third kappa shape index (κ3) is 7.15. The Kier molecular flexibility index (Phi) is 11.1. The van der Waals surface area contributed by atoms with Crippen LogP contribution in [-0.4, -0.2) is 65.2 Å². The molecule has 0 aliphatic carbocycles. The molecule has 4 aromatic carbocycles. The maximum Gasteiger partial charge on any atom is 0.320 e. The zero-order valence-corrected chi connectivity index (χ0v) is 34.0. The van der Waals surface area contributed by atoms with Gasteiger partial charge in [0.2, 0.25) is 0 Å². The van der Waals surface area contributed by atoms with E-state index in [0.29, 0.717) is 26.2 Å². The molecule has 0 N–H and O–H groups in total. The van der Waals surface area contributed by atoms with Crippen LogP contribution in [0.2, 0.25) is 0 Å². The number of halogens is 4. The maximum absolute atomic E-state index is 5.60. The molecular weight excluding hydrogens is 876 g/mol. The first-order valence-corrected chi connectivity index (χ1v) is 19.4. The lowest BCUT2D eigenvalue weighted by Gasteiger charge is -2.38. The third-order valence-electron chi connectivity index (χ3n) is 8.32. The van der Waals surface area contributed by atoms with E-state index in [4.69, 9.17) is 20.0 Å². The van der Waals surface area contributed by atoms with Crippen LogP contribution in [0.3, 0.4) is 0 Å². The minimum atomic E-state index is -1.16. The monoisotopic (exact) mass is 908 g/mol. The van der Waals surface area contributed by atoms with Gasteiger partial charge in [0.1, 0.15) is 0 Å². The third-order valence-corrected chi connectivity index (χ3v) is 10.4. The summed E-state index contributed by atoms with van der Waals surface area (Å²) in [7, 11) is 0. The highest BCUT2D eigenvalue weighted by atomic mass is 79.9. The summed E-state index contributed by atoms with van der Waals surface area (Å²) in [5, 5.41) is 0. The molecule has 2 aliphatic rings. The van der Waals surface area contributed by atoms with Crippen molar-refractivity contribution in [3.05, 3.63) is 115 Å². The van der Waals surface area contributed by atoms with Crippen molar-refractivity contribution < 1.29 is 0 Å². The fourth-order valence-corrected chi connectivity index (χ4v) is 7.11. The van der Waals surface area contributed by atoms with Gasteiger partial charge in [0.15, 0.2) is 23.3 Å². The van der Waals surface area contributed by atoms with Crippen LogP contribution in [0.25, 0.3) is 0 Å². The van der Waals surface area contributed by atoms with Gasteiger partial charge in [-0.2, -0.15) is 9.98 Å². The van der Waals surface area contributed by atoms with Crippen LogP contribution in [0.15, 0.2) is 135 Å². The van der Waals surface area contributed by atoms with E-state index in [1.54, 1.807) is 0 Å². The Hall–Kier alpha value is -3.32. The Labute approximate surface area is 321 Å². The average Bonchev–Trinajstić information content (AvgIpc) is 3.57. The van der Waals surface area contributed by atoms with E-state index in [0.717, 1.165) is 64.0 Å². The van der Waals surface area contributed by atoms with E-state index in [-0.39, 0.29) is 0 Å². The summed E-state index contributed by atoms with van der Waals surface area (Å²) in [4.78, 5) is 30.6. The van der Waals surface area contributed by atoms with E-state index >= 15 is 0 Å². The number of aliphatic imine (C=N–C) groups is 4. The van der Waals surface area contributed by atoms with Crippen LogP contribution < -0.4 is 9.80 Å². The Morgan fingerprint density at radius 2 is 0.816 bits per heavy atom. The van der Waals surface area contributed by atoms with Crippen molar-refractivity contribution in [1.82, 2.24) is 9.80 Å². The normalized spacial score (nSPS) is 18.9. The van der Waals surface area contributed by atoms with Crippen molar-refractivity contribution in [3.8, 4) is 0 Å². The van der Waals surface area contributed by atoms with Crippen molar-refractivity contribution in [1.29, 1.82) is 0 Å². The quantitative estimate of drug-likeness (QED) is 0.177. The maximum atomic E-state index is 5.60. The molecule has 0 aromatic heterocycles. The highest BCUT2D eigenvalue weighted by Crippen LogP contribution is 2.40. The summed E-state index contributed by atoms with van der Waals surface area (Å²) < 4.78 is 4.02. The molecule has 2 aliphatic heterocycles. The van der Waals surface area contributed by atoms with E-state index in [1.165, 1.54) is 0 Å². The molecule has 252 valence electrons. The summed E-state index contributed by atoms with van der Waals surface area (Å²) in [6.07, 6.45) is 0. The first-order valence-electron chi connectivity index (χ1n) is 16.2. The number of amidine groups is 4. The minimum Gasteiger partial charge on any atom is -0.324 e. The van der Waals surface area contributed by atoms with Crippen molar-refractivity contribution in [2.75, 3.05) is 36.0 Å². The molecule has 0 bridgehead atoms. The number of rotatable bonds is 8. The fraction of sp³-hybridized carbons (Fsp3) is 0.243. The van der Waals surface area contributed by atoms with Crippen molar-refractivity contribution in [2.45, 2.75) is 33.6 Å². The Morgan fingerprint density at radius 1 is 0.510 bits per heavy atom. The topological polar surface area (TPSA) is 62.4 Å². The predicted molar refractivity (Wildman–Crippen MR) is 219 cm³/mol. The lowest BCUT2D eigenvalue weighted by atomic mass is 10.2. The first-order chi connectivity index (χ1) is 23.7. The van der Waals surface area contributed by atoms with Gasteiger partial charge in [0.25, 0.3) is 0 Å². The second kappa shape index (κ2) is 15.3. The summed E-state index contributed by atoms with van der Waals surface area (Å²) >= 11 is 14.4. The fourth-order valence-electron chi connectivity index (χ4n) is 6.06. The smallest absolute Gasteiger partial charge is 0.320 e. The van der Waals surface area contributed by atoms with Gasteiger partial charge in [-0.15, -0.1) is 0 Å². The second-order valence-electron chi connectivity index (χ2n) is 11.2. The van der Waals surface area contributed by atoms with Crippen molar-refractivity contribution in [2.24, 2.45) is 20.0 Å². The molecule has 0 unspecified atom stereocenters. The van der Waals surface area contributed by atoms with Gasteiger partial charge < -0.3 is 9.80 Å². The van der Waals surface area contributed by atoms with Gasteiger partial charge >= 0.3 is 5.91 Å². The number of anilines is 2. The molecule has 0 atom stereocenters. The SMILES string of the molecule is CCN(C1=NC2(N=C(N(CC)c3ccc(Br)cc3)C(=Nc3ccc(Br)cc3)N2CC)N(CC)C1=Nc1ccc(Br)cc1)c1ccc(Br)cc1. The molecule has 0 saturated carbocycles. The molecule has 8 nitrogen and oxygen atoms in total. The van der Waals surface area contributed by atoms with Gasteiger partial charge in [-0.05, 0) is 125 Å². The van der Waals surface area contributed by atoms with E-state index in [9.17, 15) is 0 Å². The number of nitrogens with zero attached hydrogens (tertiary/aromatic N) is 8. The Morgan fingerprint density at radius 3 is 1.10 bits per heavy atom. The lowest BCUT2D eigenvalue weighted by molar-refractivity contribution is 0.0758. The largest absolute Gasteiger partial charge is 0.324 e. The lowest BCUT2D eigenvalue weighted by Crippen LogP contribution is -2.56. The van der Waals surface area contributed by atoms with Gasteiger partial charge in [-0.3, -0.25) is 9.80 Å². The highest BCUT2D eigenvalue weighted by Gasteiger charge is 2.57. The number of hydrogen-bond acceptors (Lipinski definition) is 6. The molecule has 4 aromatic rings. The molecule has 2 heterocycles. The summed E-state index contributed by atoms with van der Waals surface area (Å²) in [5.41, 5.74) is 3.68. The minimum absolute atomic E-state index is 0.601. The van der Waals surface area contributed by atoms with Gasteiger partial charge in [0.05, 0.1) is 11.4 Å². The van der Waals surface area contributed by atoms with Crippen LogP contribution in [0.4, 0.5) is 22.7 Å². The molecule has 1 spiro atoms. The highest BCUT2D eigenvalue weighted by molar-refractivity contribution is 9.11. The molecule has 0 saturated heterocycles. The zero-order chi connectivity index (χ0) is 34.7. The average molecular weight is 912 g/mol. The zero-order valence-electron chi connectivity index (χ0n) is 27.7. The Balaban J connectivity index is 1.62. The second-order valence-corrected chi connectivity index (χ2v) is 14.9. The summed E-state index contributed by atoms with van der Waals surface area (Å²) in [6.45, 7) is 11.1. The standard InChI is InChI=1S/C37H36Br4N8/c1-5-46(31-21-13-27(40)14-22-31)35-33(42-29-17-9-25(38)10-18-29)48(7-3)37(44-35)45-36(47(6-2)32-23-15-28(41)16-24-32)34(49(37)8-4)43-30-19-11-26(39)12-20-30/h9-24H,5-8H2,1-4H3. The van der Waals surface area contributed by atoms with E-state index in [2.05, 4.69) is 160 Å². The van der Waals surface area contributed by atoms with E-state index < -0.39 is 5.91 Å². The van der Waals surface area contributed by atoms with Crippen LogP contribution in [0.1, 0.15) is 27.7 Å². The van der Waals surface area contributed by atoms with Gasteiger partial charge in [0, 0.05) is 55.4 Å². The summed E-state index contributed by atoms with van der Waals surface area (Å²) in [6, 6.07) is 32.7.